The largest absolute Gasteiger partial charge is 0.381 e. The van der Waals surface area contributed by atoms with Gasteiger partial charge in [0.25, 0.3) is 0 Å². The van der Waals surface area contributed by atoms with E-state index in [0.717, 1.165) is 23.7 Å². The molecule has 0 saturated carbocycles. The lowest BCUT2D eigenvalue weighted by atomic mass is 10.2. The highest BCUT2D eigenvalue weighted by Crippen LogP contribution is 2.17. The van der Waals surface area contributed by atoms with Crippen LogP contribution >= 0.6 is 0 Å². The van der Waals surface area contributed by atoms with E-state index in [2.05, 4.69) is 20.6 Å². The Morgan fingerprint density at radius 1 is 0.810 bits per heavy atom. The number of pyridine rings is 2. The summed E-state index contributed by atoms with van der Waals surface area (Å²) in [4.78, 5) is 8.34. The molecular formula is C17H16N4. The van der Waals surface area contributed by atoms with Gasteiger partial charge in [0.05, 0.1) is 0 Å². The van der Waals surface area contributed by atoms with Crippen molar-refractivity contribution in [2.75, 3.05) is 10.6 Å². The average Bonchev–Trinajstić information content (AvgIpc) is 2.55. The lowest BCUT2D eigenvalue weighted by Gasteiger charge is -2.09. The molecule has 4 heteroatoms. The SMILES string of the molecule is c1ccc(Nc2cc(NCc3ccncc3)ccn2)cc1. The van der Waals surface area contributed by atoms with Crippen LogP contribution in [0.5, 0.6) is 0 Å². The summed E-state index contributed by atoms with van der Waals surface area (Å²) >= 11 is 0. The fourth-order valence-electron chi connectivity index (χ4n) is 1.98. The highest BCUT2D eigenvalue weighted by atomic mass is 15.0. The summed E-state index contributed by atoms with van der Waals surface area (Å²) in [5.41, 5.74) is 3.25. The summed E-state index contributed by atoms with van der Waals surface area (Å²) in [7, 11) is 0. The molecule has 0 atom stereocenters. The zero-order chi connectivity index (χ0) is 14.3. The second-order valence-electron chi connectivity index (χ2n) is 4.63. The molecule has 21 heavy (non-hydrogen) atoms. The molecule has 3 aromatic rings. The van der Waals surface area contributed by atoms with Crippen LogP contribution in [0.4, 0.5) is 17.2 Å². The van der Waals surface area contributed by atoms with Crippen LogP contribution in [0, 0.1) is 0 Å². The summed E-state index contributed by atoms with van der Waals surface area (Å²) in [6, 6.07) is 17.9. The maximum absolute atomic E-state index is 4.33. The smallest absolute Gasteiger partial charge is 0.132 e. The first-order valence-corrected chi connectivity index (χ1v) is 6.81. The molecule has 2 N–H and O–H groups in total. The normalized spacial score (nSPS) is 10.1. The second kappa shape index (κ2) is 6.52. The monoisotopic (exact) mass is 276 g/mol. The first-order chi connectivity index (χ1) is 10.4. The highest BCUT2D eigenvalue weighted by molar-refractivity contribution is 5.60. The molecule has 1 aromatic carbocycles. The quantitative estimate of drug-likeness (QED) is 0.743. The molecule has 0 radical (unpaired) electrons. The van der Waals surface area contributed by atoms with Crippen LogP contribution in [0.3, 0.4) is 0 Å². The Hall–Kier alpha value is -2.88. The van der Waals surface area contributed by atoms with E-state index >= 15 is 0 Å². The molecular weight excluding hydrogens is 260 g/mol. The lowest BCUT2D eigenvalue weighted by molar-refractivity contribution is 1.12. The summed E-state index contributed by atoms with van der Waals surface area (Å²) in [6.45, 7) is 0.761. The van der Waals surface area contributed by atoms with Crippen molar-refractivity contribution < 1.29 is 0 Å². The van der Waals surface area contributed by atoms with Crippen LogP contribution < -0.4 is 10.6 Å². The van der Waals surface area contributed by atoms with E-state index in [-0.39, 0.29) is 0 Å². The van der Waals surface area contributed by atoms with E-state index in [9.17, 15) is 0 Å². The van der Waals surface area contributed by atoms with Crippen molar-refractivity contribution in [3.8, 4) is 0 Å². The van der Waals surface area contributed by atoms with Crippen molar-refractivity contribution in [2.24, 2.45) is 0 Å². The number of benzene rings is 1. The molecule has 104 valence electrons. The van der Waals surface area contributed by atoms with Crippen LogP contribution in [0.2, 0.25) is 0 Å². The fourth-order valence-corrected chi connectivity index (χ4v) is 1.98. The number of para-hydroxylation sites is 1. The second-order valence-corrected chi connectivity index (χ2v) is 4.63. The molecule has 0 spiro atoms. The van der Waals surface area contributed by atoms with Gasteiger partial charge in [-0.2, -0.15) is 0 Å². The minimum Gasteiger partial charge on any atom is -0.381 e. The van der Waals surface area contributed by atoms with Crippen molar-refractivity contribution >= 4 is 17.2 Å². The van der Waals surface area contributed by atoms with E-state index in [4.69, 9.17) is 0 Å². The van der Waals surface area contributed by atoms with E-state index in [1.807, 2.05) is 54.6 Å². The van der Waals surface area contributed by atoms with E-state index < -0.39 is 0 Å². The van der Waals surface area contributed by atoms with Crippen molar-refractivity contribution in [3.05, 3.63) is 78.8 Å². The van der Waals surface area contributed by atoms with Gasteiger partial charge in [-0.25, -0.2) is 4.98 Å². The first kappa shape index (κ1) is 13.1. The number of anilines is 3. The van der Waals surface area contributed by atoms with Crippen LogP contribution in [-0.4, -0.2) is 9.97 Å². The standard InChI is InChI=1S/C17H16N4/c1-2-4-15(5-3-1)21-17-12-16(8-11-19-17)20-13-14-6-9-18-10-7-14/h1-12H,13H2,(H2,19,20,21). The summed E-state index contributed by atoms with van der Waals surface area (Å²) in [6.07, 6.45) is 5.39. The van der Waals surface area contributed by atoms with Crippen LogP contribution in [-0.2, 0) is 6.54 Å². The van der Waals surface area contributed by atoms with Gasteiger partial charge in [-0.05, 0) is 35.9 Å². The molecule has 0 aliphatic rings. The van der Waals surface area contributed by atoms with E-state index in [1.54, 1.807) is 18.6 Å². The number of aromatic nitrogens is 2. The highest BCUT2D eigenvalue weighted by Gasteiger charge is 1.98. The number of nitrogens with one attached hydrogen (secondary N) is 2. The molecule has 0 unspecified atom stereocenters. The van der Waals surface area contributed by atoms with Gasteiger partial charge in [-0.1, -0.05) is 18.2 Å². The summed E-state index contributed by atoms with van der Waals surface area (Å²) < 4.78 is 0. The van der Waals surface area contributed by atoms with Gasteiger partial charge in [0, 0.05) is 42.6 Å². The van der Waals surface area contributed by atoms with E-state index in [1.165, 1.54) is 5.56 Å². The van der Waals surface area contributed by atoms with Crippen molar-refractivity contribution in [1.82, 2.24) is 9.97 Å². The Labute approximate surface area is 123 Å². The minimum absolute atomic E-state index is 0.761. The molecule has 0 bridgehead atoms. The predicted molar refractivity (Wildman–Crippen MR) is 85.5 cm³/mol. The molecule has 0 saturated heterocycles. The number of rotatable bonds is 5. The van der Waals surface area contributed by atoms with Crippen molar-refractivity contribution in [2.45, 2.75) is 6.54 Å². The Kier molecular flexibility index (Phi) is 4.07. The number of nitrogens with zero attached hydrogens (tertiary/aromatic N) is 2. The third-order valence-corrected chi connectivity index (χ3v) is 3.05. The third-order valence-electron chi connectivity index (χ3n) is 3.05. The lowest BCUT2D eigenvalue weighted by Crippen LogP contribution is -2.01. The third kappa shape index (κ3) is 3.79. The zero-order valence-corrected chi connectivity index (χ0v) is 11.5. The summed E-state index contributed by atoms with van der Waals surface area (Å²) in [5, 5.41) is 6.66. The Morgan fingerprint density at radius 3 is 2.43 bits per heavy atom. The summed E-state index contributed by atoms with van der Waals surface area (Å²) in [5.74, 6) is 0.820. The average molecular weight is 276 g/mol. The Bertz CT molecular complexity index is 683. The van der Waals surface area contributed by atoms with Gasteiger partial charge in [-0.15, -0.1) is 0 Å². The zero-order valence-electron chi connectivity index (χ0n) is 11.5. The molecule has 3 rings (SSSR count). The van der Waals surface area contributed by atoms with Crippen molar-refractivity contribution in [3.63, 3.8) is 0 Å². The Balaban J connectivity index is 1.66. The maximum atomic E-state index is 4.33. The predicted octanol–water partition coefficient (Wildman–Crippen LogP) is 3.83. The molecule has 4 nitrogen and oxygen atoms in total. The van der Waals surface area contributed by atoms with Crippen LogP contribution in [0.15, 0.2) is 73.2 Å². The molecule has 0 fully saturated rings. The first-order valence-electron chi connectivity index (χ1n) is 6.81. The molecule has 0 aliphatic carbocycles. The Morgan fingerprint density at radius 2 is 1.62 bits per heavy atom. The molecule has 0 aliphatic heterocycles. The van der Waals surface area contributed by atoms with E-state index in [0.29, 0.717) is 0 Å². The van der Waals surface area contributed by atoms with Gasteiger partial charge >= 0.3 is 0 Å². The van der Waals surface area contributed by atoms with Gasteiger partial charge in [0.2, 0.25) is 0 Å². The van der Waals surface area contributed by atoms with Gasteiger partial charge in [-0.3, -0.25) is 4.98 Å². The molecule has 2 aromatic heterocycles. The topological polar surface area (TPSA) is 49.8 Å². The van der Waals surface area contributed by atoms with Crippen molar-refractivity contribution in [1.29, 1.82) is 0 Å². The van der Waals surface area contributed by atoms with Crippen LogP contribution in [0.25, 0.3) is 0 Å². The van der Waals surface area contributed by atoms with Gasteiger partial charge < -0.3 is 10.6 Å². The molecule has 0 amide bonds. The van der Waals surface area contributed by atoms with Gasteiger partial charge in [0.15, 0.2) is 0 Å². The van der Waals surface area contributed by atoms with Crippen LogP contribution in [0.1, 0.15) is 5.56 Å². The number of hydrogen-bond donors (Lipinski definition) is 2. The maximum Gasteiger partial charge on any atom is 0.132 e. The molecule has 2 heterocycles. The fraction of sp³-hybridized carbons (Fsp3) is 0.0588. The van der Waals surface area contributed by atoms with Gasteiger partial charge in [0.1, 0.15) is 5.82 Å². The number of hydrogen-bond acceptors (Lipinski definition) is 4. The minimum atomic E-state index is 0.761.